The molecule has 1 rings (SSSR count). The van der Waals surface area contributed by atoms with E-state index in [1.807, 2.05) is 13.8 Å². The normalized spacial score (nSPS) is 18.7. The molecule has 5 heteroatoms. The molecule has 0 aliphatic carbocycles. The second kappa shape index (κ2) is 7.26. The Labute approximate surface area is 114 Å². The topological polar surface area (TPSA) is 74.7 Å². The van der Waals surface area contributed by atoms with Gasteiger partial charge in [0.05, 0.1) is 0 Å². The predicted octanol–water partition coefficient (Wildman–Crippen LogP) is 2.05. The first kappa shape index (κ1) is 15.7. The summed E-state index contributed by atoms with van der Waals surface area (Å²) in [4.78, 5) is 35.5. The lowest BCUT2D eigenvalue weighted by atomic mass is 9.94. The fourth-order valence-corrected chi connectivity index (χ4v) is 2.47. The molecule has 0 spiro atoms. The quantitative estimate of drug-likeness (QED) is 0.718. The number of piperidine rings is 1. The maximum Gasteiger partial charge on any atom is 0.303 e. The Hall–Kier alpha value is -1.39. The number of likely N-dealkylation sites (tertiary alicyclic amines) is 1. The Morgan fingerprint density at radius 2 is 1.89 bits per heavy atom. The number of aliphatic carboxylic acids is 1. The maximum atomic E-state index is 11.8. The van der Waals surface area contributed by atoms with Crippen molar-refractivity contribution in [3.05, 3.63) is 0 Å². The Balaban J connectivity index is 2.43. The van der Waals surface area contributed by atoms with Gasteiger partial charge in [0.25, 0.3) is 0 Å². The highest BCUT2D eigenvalue weighted by molar-refractivity contribution is 5.97. The number of nitrogens with zero attached hydrogens (tertiary/aromatic N) is 1. The number of imide groups is 1. The average molecular weight is 269 g/mol. The minimum Gasteiger partial charge on any atom is -0.481 e. The van der Waals surface area contributed by atoms with Crippen molar-refractivity contribution in [1.82, 2.24) is 4.90 Å². The second-order valence-electron chi connectivity index (χ2n) is 5.45. The molecular formula is C14H23NO4. The standard InChI is InChI=1S/C14H23NO4/c1-3-11(4-5-14(18)19)6-7-15-12(16)8-10(2)9-13(15)17/h10-11H,3-9H2,1-2H3,(H,18,19). The van der Waals surface area contributed by atoms with E-state index in [1.54, 1.807) is 0 Å². The summed E-state index contributed by atoms with van der Waals surface area (Å²) in [6.45, 7) is 4.35. The molecule has 1 unspecified atom stereocenters. The summed E-state index contributed by atoms with van der Waals surface area (Å²) < 4.78 is 0. The Kier molecular flexibility index (Phi) is 5.99. The molecule has 0 bridgehead atoms. The Bertz CT molecular complexity index is 335. The van der Waals surface area contributed by atoms with Gasteiger partial charge < -0.3 is 5.11 Å². The van der Waals surface area contributed by atoms with Gasteiger partial charge in [-0.15, -0.1) is 0 Å². The van der Waals surface area contributed by atoms with Gasteiger partial charge in [0.2, 0.25) is 11.8 Å². The van der Waals surface area contributed by atoms with Crippen LogP contribution in [0, 0.1) is 11.8 Å². The highest BCUT2D eigenvalue weighted by atomic mass is 16.4. The Morgan fingerprint density at radius 1 is 1.32 bits per heavy atom. The smallest absolute Gasteiger partial charge is 0.303 e. The molecule has 19 heavy (non-hydrogen) atoms. The molecule has 2 amide bonds. The van der Waals surface area contributed by atoms with Gasteiger partial charge >= 0.3 is 5.97 Å². The zero-order chi connectivity index (χ0) is 14.4. The number of carboxylic acid groups (broad SMARTS) is 1. The van der Waals surface area contributed by atoms with Crippen LogP contribution in [0.2, 0.25) is 0 Å². The van der Waals surface area contributed by atoms with Crippen LogP contribution in [-0.2, 0) is 14.4 Å². The van der Waals surface area contributed by atoms with E-state index < -0.39 is 5.97 Å². The van der Waals surface area contributed by atoms with Crippen molar-refractivity contribution in [2.45, 2.75) is 52.4 Å². The number of carbonyl (C=O) groups is 3. The number of carboxylic acids is 1. The lowest BCUT2D eigenvalue weighted by molar-refractivity contribution is -0.150. The number of amides is 2. The van der Waals surface area contributed by atoms with E-state index in [4.69, 9.17) is 5.11 Å². The van der Waals surface area contributed by atoms with Crippen LogP contribution in [-0.4, -0.2) is 34.3 Å². The number of carbonyl (C=O) groups excluding carboxylic acids is 2. The molecule has 1 saturated heterocycles. The molecule has 1 atom stereocenters. The van der Waals surface area contributed by atoms with Crippen molar-refractivity contribution in [2.24, 2.45) is 11.8 Å². The zero-order valence-electron chi connectivity index (χ0n) is 11.7. The van der Waals surface area contributed by atoms with Crippen molar-refractivity contribution in [3.63, 3.8) is 0 Å². The SMILES string of the molecule is CCC(CCC(=O)O)CCN1C(=O)CC(C)CC1=O. The van der Waals surface area contributed by atoms with Crippen LogP contribution >= 0.6 is 0 Å². The first-order valence-corrected chi connectivity index (χ1v) is 6.99. The predicted molar refractivity (Wildman–Crippen MR) is 70.4 cm³/mol. The van der Waals surface area contributed by atoms with E-state index in [1.165, 1.54) is 4.90 Å². The molecule has 1 aliphatic rings. The van der Waals surface area contributed by atoms with E-state index in [2.05, 4.69) is 0 Å². The number of hydrogen-bond donors (Lipinski definition) is 1. The monoisotopic (exact) mass is 269 g/mol. The van der Waals surface area contributed by atoms with Crippen LogP contribution in [0.1, 0.15) is 52.4 Å². The molecule has 0 aromatic heterocycles. The van der Waals surface area contributed by atoms with Crippen LogP contribution in [0.5, 0.6) is 0 Å². The first-order chi connectivity index (χ1) is 8.93. The minimum absolute atomic E-state index is 0.0863. The highest BCUT2D eigenvalue weighted by Crippen LogP contribution is 2.21. The van der Waals surface area contributed by atoms with Crippen LogP contribution in [0.25, 0.3) is 0 Å². The van der Waals surface area contributed by atoms with E-state index in [9.17, 15) is 14.4 Å². The lowest BCUT2D eigenvalue weighted by Gasteiger charge is -2.29. The van der Waals surface area contributed by atoms with Gasteiger partial charge in [-0.05, 0) is 24.7 Å². The van der Waals surface area contributed by atoms with E-state index >= 15 is 0 Å². The summed E-state index contributed by atoms with van der Waals surface area (Å²) in [5.41, 5.74) is 0. The Morgan fingerprint density at radius 3 is 2.37 bits per heavy atom. The maximum absolute atomic E-state index is 11.8. The van der Waals surface area contributed by atoms with E-state index in [0.29, 0.717) is 32.2 Å². The summed E-state index contributed by atoms with van der Waals surface area (Å²) >= 11 is 0. The minimum atomic E-state index is -0.794. The third kappa shape index (κ3) is 5.01. The first-order valence-electron chi connectivity index (χ1n) is 6.99. The van der Waals surface area contributed by atoms with Crippen molar-refractivity contribution in [3.8, 4) is 0 Å². The molecule has 0 aromatic carbocycles. The lowest BCUT2D eigenvalue weighted by Crippen LogP contribution is -2.43. The fraction of sp³-hybridized carbons (Fsp3) is 0.786. The van der Waals surface area contributed by atoms with Crippen LogP contribution < -0.4 is 0 Å². The molecule has 0 aromatic rings. The van der Waals surface area contributed by atoms with Gasteiger partial charge in [-0.25, -0.2) is 0 Å². The van der Waals surface area contributed by atoms with Gasteiger partial charge in [-0.2, -0.15) is 0 Å². The summed E-state index contributed by atoms with van der Waals surface area (Å²) in [5.74, 6) is -0.563. The van der Waals surface area contributed by atoms with Crippen molar-refractivity contribution < 1.29 is 19.5 Å². The van der Waals surface area contributed by atoms with Crippen LogP contribution in [0.15, 0.2) is 0 Å². The van der Waals surface area contributed by atoms with Crippen LogP contribution in [0.3, 0.4) is 0 Å². The molecular weight excluding hydrogens is 246 g/mol. The van der Waals surface area contributed by atoms with E-state index in [-0.39, 0.29) is 30.1 Å². The highest BCUT2D eigenvalue weighted by Gasteiger charge is 2.30. The molecule has 1 aliphatic heterocycles. The number of rotatable bonds is 7. The molecule has 108 valence electrons. The molecule has 0 radical (unpaired) electrons. The molecule has 0 saturated carbocycles. The van der Waals surface area contributed by atoms with Gasteiger partial charge in [0.1, 0.15) is 0 Å². The van der Waals surface area contributed by atoms with Gasteiger partial charge in [-0.1, -0.05) is 20.3 Å². The third-order valence-electron chi connectivity index (χ3n) is 3.75. The van der Waals surface area contributed by atoms with E-state index in [0.717, 1.165) is 6.42 Å². The van der Waals surface area contributed by atoms with Gasteiger partial charge in [0.15, 0.2) is 0 Å². The summed E-state index contributed by atoms with van der Waals surface area (Å²) in [6.07, 6.45) is 3.22. The summed E-state index contributed by atoms with van der Waals surface area (Å²) in [6, 6.07) is 0. The average Bonchev–Trinajstić information content (AvgIpc) is 2.31. The number of hydrogen-bond acceptors (Lipinski definition) is 3. The summed E-state index contributed by atoms with van der Waals surface area (Å²) in [7, 11) is 0. The molecule has 1 fully saturated rings. The van der Waals surface area contributed by atoms with Gasteiger partial charge in [-0.3, -0.25) is 19.3 Å². The third-order valence-corrected chi connectivity index (χ3v) is 3.75. The van der Waals surface area contributed by atoms with Crippen molar-refractivity contribution >= 4 is 17.8 Å². The fourth-order valence-electron chi connectivity index (χ4n) is 2.47. The van der Waals surface area contributed by atoms with Gasteiger partial charge in [0, 0.05) is 25.8 Å². The molecule has 5 nitrogen and oxygen atoms in total. The second-order valence-corrected chi connectivity index (χ2v) is 5.45. The van der Waals surface area contributed by atoms with Crippen molar-refractivity contribution in [1.29, 1.82) is 0 Å². The molecule has 1 N–H and O–H groups in total. The zero-order valence-corrected chi connectivity index (χ0v) is 11.7. The van der Waals surface area contributed by atoms with Crippen LogP contribution in [0.4, 0.5) is 0 Å². The largest absolute Gasteiger partial charge is 0.481 e. The molecule has 1 heterocycles. The van der Waals surface area contributed by atoms with Crippen molar-refractivity contribution in [2.75, 3.05) is 6.54 Å². The summed E-state index contributed by atoms with van der Waals surface area (Å²) in [5, 5.41) is 8.67.